The van der Waals surface area contributed by atoms with Crippen molar-refractivity contribution in [1.29, 1.82) is 5.26 Å². The smallest absolute Gasteiger partial charge is 0.210 e. The number of fused-ring (bicyclic) bond motifs is 1. The molecular formula is C14H13NO3. The molecule has 0 fully saturated rings. The molecule has 0 saturated carbocycles. The van der Waals surface area contributed by atoms with Crippen LogP contribution in [0.3, 0.4) is 0 Å². The van der Waals surface area contributed by atoms with E-state index < -0.39 is 0 Å². The molecule has 0 aliphatic rings. The summed E-state index contributed by atoms with van der Waals surface area (Å²) in [5, 5.41) is 9.16. The van der Waals surface area contributed by atoms with E-state index in [1.807, 2.05) is 6.07 Å². The van der Waals surface area contributed by atoms with E-state index >= 15 is 0 Å². The van der Waals surface area contributed by atoms with Crippen LogP contribution >= 0.6 is 0 Å². The molecule has 0 bridgehead atoms. The lowest BCUT2D eigenvalue weighted by atomic mass is 10.2. The summed E-state index contributed by atoms with van der Waals surface area (Å²) in [5.41, 5.74) is 0.148. The van der Waals surface area contributed by atoms with Gasteiger partial charge in [-0.05, 0) is 24.6 Å². The topological polar surface area (TPSA) is 63.2 Å². The van der Waals surface area contributed by atoms with Crippen LogP contribution < -0.4 is 10.2 Å². The molecule has 0 aliphatic heterocycles. The molecule has 2 rings (SSSR count). The van der Waals surface area contributed by atoms with E-state index in [1.165, 1.54) is 6.26 Å². The van der Waals surface area contributed by atoms with Crippen LogP contribution in [0.15, 0.2) is 33.7 Å². The third-order valence-corrected chi connectivity index (χ3v) is 2.63. The van der Waals surface area contributed by atoms with Crippen molar-refractivity contribution in [3.63, 3.8) is 0 Å². The second kappa shape index (κ2) is 5.37. The van der Waals surface area contributed by atoms with Crippen molar-refractivity contribution in [2.75, 3.05) is 6.61 Å². The Morgan fingerprint density at radius 3 is 3.00 bits per heavy atom. The van der Waals surface area contributed by atoms with Gasteiger partial charge >= 0.3 is 0 Å². The van der Waals surface area contributed by atoms with Gasteiger partial charge in [-0.15, -0.1) is 0 Å². The van der Waals surface area contributed by atoms with Crippen LogP contribution in [0.1, 0.15) is 25.3 Å². The first-order chi connectivity index (χ1) is 8.76. The maximum absolute atomic E-state index is 11.9. The van der Waals surface area contributed by atoms with Crippen molar-refractivity contribution in [3.05, 3.63) is 40.2 Å². The normalized spacial score (nSPS) is 10.2. The Labute approximate surface area is 104 Å². The van der Waals surface area contributed by atoms with Gasteiger partial charge in [0.15, 0.2) is 0 Å². The first-order valence-corrected chi connectivity index (χ1v) is 5.84. The van der Waals surface area contributed by atoms with E-state index in [-0.39, 0.29) is 11.0 Å². The maximum Gasteiger partial charge on any atom is 0.210 e. The second-order valence-electron chi connectivity index (χ2n) is 3.95. The van der Waals surface area contributed by atoms with Crippen LogP contribution in [0.5, 0.6) is 5.75 Å². The average molecular weight is 243 g/mol. The predicted molar refractivity (Wildman–Crippen MR) is 67.6 cm³/mol. The fourth-order valence-electron chi connectivity index (χ4n) is 1.61. The van der Waals surface area contributed by atoms with E-state index in [0.717, 1.165) is 12.8 Å². The number of hydrogen-bond acceptors (Lipinski definition) is 4. The lowest BCUT2D eigenvalue weighted by Crippen LogP contribution is -2.06. The standard InChI is InChI=1S/C14H13NO3/c1-2-3-6-17-11-4-5-13-12(7-11)14(16)10(8-15)9-18-13/h4-5,7,9H,2-3,6H2,1H3. The number of unbranched alkanes of at least 4 members (excludes halogenated alkanes) is 1. The Balaban J connectivity index is 2.40. The fraction of sp³-hybridized carbons (Fsp3) is 0.286. The summed E-state index contributed by atoms with van der Waals surface area (Å²) in [7, 11) is 0. The maximum atomic E-state index is 11.9. The van der Waals surface area contributed by atoms with Crippen LogP contribution in [-0.4, -0.2) is 6.61 Å². The van der Waals surface area contributed by atoms with Gasteiger partial charge in [-0.3, -0.25) is 4.79 Å². The number of rotatable bonds is 4. The second-order valence-corrected chi connectivity index (χ2v) is 3.95. The average Bonchev–Trinajstić information content (AvgIpc) is 2.40. The van der Waals surface area contributed by atoms with E-state index in [4.69, 9.17) is 14.4 Å². The lowest BCUT2D eigenvalue weighted by Gasteiger charge is -2.05. The van der Waals surface area contributed by atoms with Gasteiger partial charge < -0.3 is 9.15 Å². The highest BCUT2D eigenvalue weighted by molar-refractivity contribution is 5.79. The first-order valence-electron chi connectivity index (χ1n) is 5.84. The quantitative estimate of drug-likeness (QED) is 0.774. The molecule has 4 nitrogen and oxygen atoms in total. The molecule has 1 heterocycles. The number of benzene rings is 1. The molecule has 4 heteroatoms. The molecule has 0 amide bonds. The number of nitrogens with zero attached hydrogens (tertiary/aromatic N) is 1. The van der Waals surface area contributed by atoms with E-state index in [1.54, 1.807) is 18.2 Å². The Bertz CT molecular complexity index is 652. The molecule has 0 saturated heterocycles. The summed E-state index contributed by atoms with van der Waals surface area (Å²) in [6, 6.07) is 6.87. The molecule has 0 atom stereocenters. The Morgan fingerprint density at radius 1 is 1.44 bits per heavy atom. The monoisotopic (exact) mass is 243 g/mol. The van der Waals surface area contributed by atoms with Gasteiger partial charge in [0, 0.05) is 0 Å². The van der Waals surface area contributed by atoms with E-state index in [2.05, 4.69) is 6.92 Å². The molecule has 0 unspecified atom stereocenters. The van der Waals surface area contributed by atoms with Gasteiger partial charge in [-0.1, -0.05) is 13.3 Å². The molecule has 0 aliphatic carbocycles. The van der Waals surface area contributed by atoms with Crippen LogP contribution in [0.4, 0.5) is 0 Å². The van der Waals surface area contributed by atoms with Crippen LogP contribution in [-0.2, 0) is 0 Å². The zero-order valence-electron chi connectivity index (χ0n) is 10.1. The Hall–Kier alpha value is -2.28. The van der Waals surface area contributed by atoms with E-state index in [0.29, 0.717) is 23.3 Å². The van der Waals surface area contributed by atoms with Gasteiger partial charge in [0.1, 0.15) is 29.2 Å². The van der Waals surface area contributed by atoms with Crippen molar-refractivity contribution < 1.29 is 9.15 Å². The van der Waals surface area contributed by atoms with Crippen molar-refractivity contribution in [3.8, 4) is 11.8 Å². The molecule has 1 aromatic carbocycles. The number of ether oxygens (including phenoxy) is 1. The van der Waals surface area contributed by atoms with Gasteiger partial charge in [0.05, 0.1) is 12.0 Å². The lowest BCUT2D eigenvalue weighted by molar-refractivity contribution is 0.309. The highest BCUT2D eigenvalue weighted by Gasteiger charge is 2.07. The third kappa shape index (κ3) is 2.35. The summed E-state index contributed by atoms with van der Waals surface area (Å²) < 4.78 is 10.7. The summed E-state index contributed by atoms with van der Waals surface area (Å²) in [6.45, 7) is 2.70. The highest BCUT2D eigenvalue weighted by Crippen LogP contribution is 2.19. The van der Waals surface area contributed by atoms with E-state index in [9.17, 15) is 4.79 Å². The van der Waals surface area contributed by atoms with Crippen molar-refractivity contribution in [2.45, 2.75) is 19.8 Å². The minimum absolute atomic E-state index is 0.00760. The number of hydrogen-bond donors (Lipinski definition) is 0. The van der Waals surface area contributed by atoms with Crippen molar-refractivity contribution >= 4 is 11.0 Å². The summed E-state index contributed by atoms with van der Waals surface area (Å²) >= 11 is 0. The van der Waals surface area contributed by atoms with Gasteiger partial charge in [-0.2, -0.15) is 5.26 Å². The summed E-state index contributed by atoms with van der Waals surface area (Å²) in [5.74, 6) is 0.623. The summed E-state index contributed by atoms with van der Waals surface area (Å²) in [6.07, 6.45) is 3.20. The van der Waals surface area contributed by atoms with Crippen LogP contribution in [0.25, 0.3) is 11.0 Å². The third-order valence-electron chi connectivity index (χ3n) is 2.63. The molecule has 0 N–H and O–H groups in total. The SMILES string of the molecule is CCCCOc1ccc2occ(C#N)c(=O)c2c1. The molecule has 18 heavy (non-hydrogen) atoms. The first kappa shape index (κ1) is 12.2. The predicted octanol–water partition coefficient (Wildman–Crippen LogP) is 2.84. The van der Waals surface area contributed by atoms with Crippen LogP contribution in [0, 0.1) is 11.3 Å². The molecule has 0 spiro atoms. The van der Waals surface area contributed by atoms with Crippen LogP contribution in [0.2, 0.25) is 0 Å². The highest BCUT2D eigenvalue weighted by atomic mass is 16.5. The minimum atomic E-state index is -0.320. The molecular weight excluding hydrogens is 230 g/mol. The summed E-state index contributed by atoms with van der Waals surface area (Å²) in [4.78, 5) is 11.9. The zero-order valence-corrected chi connectivity index (χ0v) is 10.1. The van der Waals surface area contributed by atoms with Gasteiger partial charge in [-0.25, -0.2) is 0 Å². The molecule has 92 valence electrons. The molecule has 2 aromatic rings. The molecule has 0 radical (unpaired) electrons. The van der Waals surface area contributed by atoms with Crippen molar-refractivity contribution in [1.82, 2.24) is 0 Å². The van der Waals surface area contributed by atoms with Gasteiger partial charge in [0.2, 0.25) is 5.43 Å². The minimum Gasteiger partial charge on any atom is -0.494 e. The van der Waals surface area contributed by atoms with Crippen molar-refractivity contribution in [2.24, 2.45) is 0 Å². The fourth-order valence-corrected chi connectivity index (χ4v) is 1.61. The zero-order chi connectivity index (χ0) is 13.0. The Morgan fingerprint density at radius 2 is 2.28 bits per heavy atom. The number of nitriles is 1. The largest absolute Gasteiger partial charge is 0.494 e. The molecule has 1 aromatic heterocycles. The van der Waals surface area contributed by atoms with Gasteiger partial charge in [0.25, 0.3) is 0 Å². The Kier molecular flexibility index (Phi) is 3.63.